The number of hydrogen-bond acceptors (Lipinski definition) is 6. The van der Waals surface area contributed by atoms with Gasteiger partial charge in [0.15, 0.2) is 0 Å². The highest BCUT2D eigenvalue weighted by Gasteiger charge is 2.25. The Balaban J connectivity index is 1.85. The van der Waals surface area contributed by atoms with Crippen molar-refractivity contribution in [1.29, 1.82) is 0 Å². The molecule has 34 heavy (non-hydrogen) atoms. The summed E-state index contributed by atoms with van der Waals surface area (Å²) >= 11 is 12.1. The Kier molecular flexibility index (Phi) is 8.26. The van der Waals surface area contributed by atoms with Gasteiger partial charge in [0, 0.05) is 6.42 Å². The molecule has 0 aliphatic carbocycles. The fraction of sp³-hybridized carbons (Fsp3) is 0.200. The number of carbonyl (C=O) groups excluding carboxylic acids is 2. The lowest BCUT2D eigenvalue weighted by Crippen LogP contribution is -2.43. The van der Waals surface area contributed by atoms with Crippen LogP contribution in [0.4, 0.5) is 0 Å². The van der Waals surface area contributed by atoms with Gasteiger partial charge in [-0.1, -0.05) is 53.5 Å². The van der Waals surface area contributed by atoms with Crippen LogP contribution >= 0.6 is 23.2 Å². The van der Waals surface area contributed by atoms with E-state index in [1.165, 1.54) is 19.2 Å². The zero-order chi connectivity index (χ0) is 24.8. The first-order chi connectivity index (χ1) is 16.3. The Labute approximate surface area is 207 Å². The van der Waals surface area contributed by atoms with E-state index in [0.29, 0.717) is 11.5 Å². The molecule has 0 spiro atoms. The van der Waals surface area contributed by atoms with Crippen LogP contribution in [0.3, 0.4) is 0 Å². The number of carbonyl (C=O) groups is 2. The summed E-state index contributed by atoms with van der Waals surface area (Å²) in [6, 6.07) is 14.3. The van der Waals surface area contributed by atoms with Gasteiger partial charge in [-0.25, -0.2) is 4.79 Å². The number of phenolic OH excluding ortho intramolecular Hbond substituents is 1. The van der Waals surface area contributed by atoms with E-state index in [4.69, 9.17) is 37.4 Å². The predicted molar refractivity (Wildman–Crippen MR) is 130 cm³/mol. The second-order valence-corrected chi connectivity index (χ2v) is 8.09. The zero-order valence-corrected chi connectivity index (χ0v) is 20.2. The van der Waals surface area contributed by atoms with Gasteiger partial charge in [-0.05, 0) is 35.4 Å². The molecule has 0 heterocycles. The maximum atomic E-state index is 12.8. The number of nitrogens with one attached hydrogen (secondary N) is 1. The van der Waals surface area contributed by atoms with Crippen molar-refractivity contribution >= 4 is 35.1 Å². The summed E-state index contributed by atoms with van der Waals surface area (Å²) in [4.78, 5) is 25.2. The summed E-state index contributed by atoms with van der Waals surface area (Å²) in [5.74, 6) is -0.151. The Bertz CT molecular complexity index is 1150. The second kappa shape index (κ2) is 11.1. The molecule has 0 aliphatic heterocycles. The molecule has 0 fully saturated rings. The number of phenols is 1. The molecule has 0 saturated heterocycles. The fourth-order valence-electron chi connectivity index (χ4n) is 3.52. The minimum atomic E-state index is -0.995. The SMILES string of the molecule is COC(=O)[C@H](Cc1ccc(-c2c(OC)cccc2OC)cc1)NC(=O)c1c(Cl)cc(O)cc1Cl. The smallest absolute Gasteiger partial charge is 0.328 e. The van der Waals surface area contributed by atoms with Crippen LogP contribution in [0.5, 0.6) is 17.2 Å². The molecule has 1 atom stereocenters. The van der Waals surface area contributed by atoms with Crippen LogP contribution in [0.2, 0.25) is 10.0 Å². The van der Waals surface area contributed by atoms with Crippen LogP contribution in [0.25, 0.3) is 11.1 Å². The van der Waals surface area contributed by atoms with E-state index in [1.807, 2.05) is 42.5 Å². The van der Waals surface area contributed by atoms with Gasteiger partial charge in [-0.15, -0.1) is 0 Å². The average Bonchev–Trinajstić information content (AvgIpc) is 2.82. The Morgan fingerprint density at radius 1 is 0.941 bits per heavy atom. The summed E-state index contributed by atoms with van der Waals surface area (Å²) < 4.78 is 15.8. The molecule has 1 amide bonds. The zero-order valence-electron chi connectivity index (χ0n) is 18.7. The molecule has 3 rings (SSSR count). The monoisotopic (exact) mass is 503 g/mol. The van der Waals surface area contributed by atoms with E-state index in [9.17, 15) is 14.7 Å². The predicted octanol–water partition coefficient (Wildman–Crippen LogP) is 4.90. The van der Waals surface area contributed by atoms with Crippen molar-refractivity contribution in [2.45, 2.75) is 12.5 Å². The van der Waals surface area contributed by atoms with Gasteiger partial charge in [0.05, 0.1) is 42.5 Å². The van der Waals surface area contributed by atoms with Gasteiger partial charge >= 0.3 is 5.97 Å². The number of ether oxygens (including phenoxy) is 3. The van der Waals surface area contributed by atoms with Gasteiger partial charge in [-0.2, -0.15) is 0 Å². The van der Waals surface area contributed by atoms with Crippen molar-refractivity contribution in [2.75, 3.05) is 21.3 Å². The Morgan fingerprint density at radius 3 is 2.00 bits per heavy atom. The van der Waals surface area contributed by atoms with Crippen molar-refractivity contribution < 1.29 is 28.9 Å². The molecule has 7 nitrogen and oxygen atoms in total. The number of methoxy groups -OCH3 is 3. The van der Waals surface area contributed by atoms with Gasteiger partial charge in [0.2, 0.25) is 0 Å². The Morgan fingerprint density at radius 2 is 1.50 bits per heavy atom. The molecule has 0 aromatic heterocycles. The number of esters is 1. The first-order valence-electron chi connectivity index (χ1n) is 10.2. The number of aromatic hydroxyl groups is 1. The first-order valence-corrected chi connectivity index (χ1v) is 10.9. The summed E-state index contributed by atoms with van der Waals surface area (Å²) in [5.41, 5.74) is 2.39. The lowest BCUT2D eigenvalue weighted by atomic mass is 9.99. The number of halogens is 2. The summed E-state index contributed by atoms with van der Waals surface area (Å²) in [7, 11) is 4.41. The third-order valence-corrected chi connectivity index (χ3v) is 5.75. The van der Waals surface area contributed by atoms with Gasteiger partial charge < -0.3 is 24.6 Å². The van der Waals surface area contributed by atoms with Gasteiger partial charge in [0.1, 0.15) is 23.3 Å². The first kappa shape index (κ1) is 25.2. The van der Waals surface area contributed by atoms with Crippen molar-refractivity contribution in [3.05, 3.63) is 75.8 Å². The highest BCUT2D eigenvalue weighted by atomic mass is 35.5. The van der Waals surface area contributed by atoms with Crippen LogP contribution in [0.1, 0.15) is 15.9 Å². The van der Waals surface area contributed by atoms with Crippen LogP contribution in [0, 0.1) is 0 Å². The van der Waals surface area contributed by atoms with E-state index in [-0.39, 0.29) is 27.8 Å². The standard InChI is InChI=1S/C25H23Cl2NO6/c1-32-20-5-4-6-21(33-2)22(20)15-9-7-14(8-10-15)11-19(25(31)34-3)28-24(30)23-17(26)12-16(29)13-18(23)27/h4-10,12-13,19,29H,11H2,1-3H3,(H,28,30)/t19-/m0/s1. The number of amides is 1. The van der Waals surface area contributed by atoms with Crippen LogP contribution in [-0.2, 0) is 16.0 Å². The molecule has 0 bridgehead atoms. The highest BCUT2D eigenvalue weighted by Crippen LogP contribution is 2.38. The quantitative estimate of drug-likeness (QED) is 0.424. The van der Waals surface area contributed by atoms with E-state index < -0.39 is 17.9 Å². The number of rotatable bonds is 8. The molecule has 0 unspecified atom stereocenters. The average molecular weight is 504 g/mol. The van der Waals surface area contributed by atoms with E-state index in [2.05, 4.69) is 5.32 Å². The molecule has 0 saturated carbocycles. The van der Waals surface area contributed by atoms with Gasteiger partial charge in [-0.3, -0.25) is 4.79 Å². The van der Waals surface area contributed by atoms with Crippen molar-refractivity contribution in [2.24, 2.45) is 0 Å². The molecule has 3 aromatic rings. The van der Waals surface area contributed by atoms with Crippen LogP contribution in [0.15, 0.2) is 54.6 Å². The highest BCUT2D eigenvalue weighted by molar-refractivity contribution is 6.40. The normalized spacial score (nSPS) is 11.4. The number of benzene rings is 3. The van der Waals surface area contributed by atoms with E-state index in [1.54, 1.807) is 14.2 Å². The van der Waals surface area contributed by atoms with Crippen molar-refractivity contribution in [1.82, 2.24) is 5.32 Å². The fourth-order valence-corrected chi connectivity index (χ4v) is 4.17. The summed E-state index contributed by atoms with van der Waals surface area (Å²) in [6.07, 6.45) is 0.162. The van der Waals surface area contributed by atoms with Crippen molar-refractivity contribution in [3.63, 3.8) is 0 Å². The largest absolute Gasteiger partial charge is 0.508 e. The van der Waals surface area contributed by atoms with E-state index >= 15 is 0 Å². The molecular weight excluding hydrogens is 481 g/mol. The maximum Gasteiger partial charge on any atom is 0.328 e. The van der Waals surface area contributed by atoms with Crippen LogP contribution < -0.4 is 14.8 Å². The summed E-state index contributed by atoms with van der Waals surface area (Å²) in [6.45, 7) is 0. The lowest BCUT2D eigenvalue weighted by Gasteiger charge is -2.18. The maximum absolute atomic E-state index is 12.8. The minimum absolute atomic E-state index is 0.0405. The molecule has 178 valence electrons. The topological polar surface area (TPSA) is 94.1 Å². The second-order valence-electron chi connectivity index (χ2n) is 7.27. The van der Waals surface area contributed by atoms with E-state index in [0.717, 1.165) is 16.7 Å². The third kappa shape index (κ3) is 5.55. The Hall–Kier alpha value is -3.42. The molecule has 0 aliphatic rings. The van der Waals surface area contributed by atoms with Gasteiger partial charge in [0.25, 0.3) is 5.91 Å². The van der Waals surface area contributed by atoms with Crippen LogP contribution in [-0.4, -0.2) is 44.4 Å². The van der Waals surface area contributed by atoms with Crippen molar-refractivity contribution in [3.8, 4) is 28.4 Å². The molecule has 3 aromatic carbocycles. The molecule has 0 radical (unpaired) electrons. The molecule has 9 heteroatoms. The number of hydrogen-bond donors (Lipinski definition) is 2. The summed E-state index contributed by atoms with van der Waals surface area (Å²) in [5, 5.41) is 12.1. The lowest BCUT2D eigenvalue weighted by molar-refractivity contribution is -0.142. The molecular formula is C25H23Cl2NO6. The minimum Gasteiger partial charge on any atom is -0.508 e. The molecule has 2 N–H and O–H groups in total. The third-order valence-electron chi connectivity index (χ3n) is 5.16.